The van der Waals surface area contributed by atoms with E-state index < -0.39 is 0 Å². The lowest BCUT2D eigenvalue weighted by molar-refractivity contribution is -0.121. The summed E-state index contributed by atoms with van der Waals surface area (Å²) in [7, 11) is 3.67. The van der Waals surface area contributed by atoms with Crippen LogP contribution in [0.15, 0.2) is 28.9 Å². The summed E-state index contributed by atoms with van der Waals surface area (Å²) in [6.45, 7) is 3.18. The molecule has 3 aromatic heterocycles. The van der Waals surface area contributed by atoms with Crippen LogP contribution in [0.4, 0.5) is 0 Å². The average molecular weight is 398 g/mol. The topological polar surface area (TPSA) is 98.3 Å². The Morgan fingerprint density at radius 3 is 3.10 bits per heavy atom. The molecule has 4 heterocycles. The van der Waals surface area contributed by atoms with Gasteiger partial charge in [-0.15, -0.1) is 0 Å². The number of carbonyl (C=O) groups excluding carboxylic acids is 1. The van der Waals surface area contributed by atoms with Crippen LogP contribution >= 0.6 is 0 Å². The zero-order valence-electron chi connectivity index (χ0n) is 16.8. The van der Waals surface area contributed by atoms with Gasteiger partial charge in [-0.25, -0.2) is 9.67 Å². The molecule has 9 nitrogen and oxygen atoms in total. The van der Waals surface area contributed by atoms with Gasteiger partial charge >= 0.3 is 0 Å². The number of hydrogen-bond acceptors (Lipinski definition) is 7. The number of nitrogens with zero attached hydrogens (tertiary/aromatic N) is 5. The van der Waals surface area contributed by atoms with Crippen molar-refractivity contribution < 1.29 is 14.1 Å². The Bertz CT molecular complexity index is 982. The highest BCUT2D eigenvalue weighted by molar-refractivity contribution is 5.79. The van der Waals surface area contributed by atoms with Crippen molar-refractivity contribution in [1.82, 2.24) is 30.1 Å². The van der Waals surface area contributed by atoms with Crippen molar-refractivity contribution in [2.45, 2.75) is 31.7 Å². The fraction of sp³-hybridized carbons (Fsp3) is 0.500. The standard InChI is InChI=1S/C20H26N6O3/c1-25-10-7-14(13-25)19-16-4-3-8-22-20(16)26(23-19)11-9-21-17(27)6-5-15-12-18(28-2)24-29-15/h3-4,8,12,14H,5-7,9-11,13H2,1-2H3,(H,21,27)/t14-/m1/s1. The number of amides is 1. The van der Waals surface area contributed by atoms with Gasteiger partial charge in [0.1, 0.15) is 5.76 Å². The number of rotatable bonds is 8. The minimum absolute atomic E-state index is 0.0394. The van der Waals surface area contributed by atoms with E-state index in [0.717, 1.165) is 36.2 Å². The summed E-state index contributed by atoms with van der Waals surface area (Å²) in [5.74, 6) is 1.44. The molecule has 9 heteroatoms. The van der Waals surface area contributed by atoms with E-state index in [2.05, 4.69) is 33.5 Å². The van der Waals surface area contributed by atoms with Crippen LogP contribution in [0.25, 0.3) is 11.0 Å². The maximum atomic E-state index is 12.1. The molecule has 1 fully saturated rings. The van der Waals surface area contributed by atoms with E-state index in [1.54, 1.807) is 12.3 Å². The molecule has 0 aromatic carbocycles. The highest BCUT2D eigenvalue weighted by atomic mass is 16.5. The Kier molecular flexibility index (Phi) is 5.75. The summed E-state index contributed by atoms with van der Waals surface area (Å²) in [5, 5.41) is 12.6. The average Bonchev–Trinajstić information content (AvgIpc) is 3.45. The predicted molar refractivity (Wildman–Crippen MR) is 107 cm³/mol. The molecule has 0 radical (unpaired) electrons. The lowest BCUT2D eigenvalue weighted by atomic mass is 10.0. The highest BCUT2D eigenvalue weighted by Crippen LogP contribution is 2.30. The number of carbonyl (C=O) groups is 1. The first-order chi connectivity index (χ1) is 14.1. The molecule has 0 saturated carbocycles. The first-order valence-electron chi connectivity index (χ1n) is 9.90. The number of pyridine rings is 1. The van der Waals surface area contributed by atoms with Crippen molar-refractivity contribution in [2.75, 3.05) is 33.8 Å². The van der Waals surface area contributed by atoms with E-state index in [0.29, 0.717) is 43.5 Å². The van der Waals surface area contributed by atoms with Crippen molar-refractivity contribution in [2.24, 2.45) is 0 Å². The molecule has 1 saturated heterocycles. The molecule has 29 heavy (non-hydrogen) atoms. The summed E-state index contributed by atoms with van der Waals surface area (Å²) < 4.78 is 12.0. The van der Waals surface area contributed by atoms with Gasteiger partial charge in [0.15, 0.2) is 5.65 Å². The minimum atomic E-state index is -0.0394. The molecule has 1 amide bonds. The van der Waals surface area contributed by atoms with Gasteiger partial charge in [-0.1, -0.05) is 0 Å². The first-order valence-corrected chi connectivity index (χ1v) is 9.90. The van der Waals surface area contributed by atoms with Crippen LogP contribution in [0.1, 0.15) is 30.2 Å². The van der Waals surface area contributed by atoms with Gasteiger partial charge < -0.3 is 19.5 Å². The number of methoxy groups -OCH3 is 1. The molecule has 0 aliphatic carbocycles. The normalized spacial score (nSPS) is 17.1. The molecular formula is C20H26N6O3. The van der Waals surface area contributed by atoms with Crippen molar-refractivity contribution in [3.8, 4) is 5.88 Å². The molecular weight excluding hydrogens is 372 g/mol. The first kappa shape index (κ1) is 19.4. The molecule has 154 valence electrons. The third-order valence-corrected chi connectivity index (χ3v) is 5.30. The summed E-state index contributed by atoms with van der Waals surface area (Å²) in [6.07, 6.45) is 3.71. The third-order valence-electron chi connectivity index (χ3n) is 5.30. The largest absolute Gasteiger partial charge is 0.479 e. The second kappa shape index (κ2) is 8.60. The van der Waals surface area contributed by atoms with E-state index >= 15 is 0 Å². The van der Waals surface area contributed by atoms with Crippen LogP contribution in [0.3, 0.4) is 0 Å². The second-order valence-corrected chi connectivity index (χ2v) is 7.42. The van der Waals surface area contributed by atoms with Crippen molar-refractivity contribution in [3.63, 3.8) is 0 Å². The molecule has 0 spiro atoms. The van der Waals surface area contributed by atoms with E-state index in [1.807, 2.05) is 10.7 Å². The molecule has 1 aliphatic rings. The van der Waals surface area contributed by atoms with E-state index in [1.165, 1.54) is 7.11 Å². The molecule has 4 rings (SSSR count). The van der Waals surface area contributed by atoms with Crippen molar-refractivity contribution in [3.05, 3.63) is 35.9 Å². The maximum Gasteiger partial charge on any atom is 0.254 e. The smallest absolute Gasteiger partial charge is 0.254 e. The number of aryl methyl sites for hydroxylation is 1. The highest BCUT2D eigenvalue weighted by Gasteiger charge is 2.26. The number of ether oxygens (including phenoxy) is 1. The van der Waals surface area contributed by atoms with Crippen LogP contribution in [-0.2, 0) is 17.8 Å². The summed E-state index contributed by atoms with van der Waals surface area (Å²) in [5.41, 5.74) is 1.99. The van der Waals surface area contributed by atoms with Gasteiger partial charge in [-0.05, 0) is 37.3 Å². The number of likely N-dealkylation sites (tertiary alicyclic amines) is 1. The van der Waals surface area contributed by atoms with Crippen LogP contribution in [0, 0.1) is 0 Å². The van der Waals surface area contributed by atoms with E-state index in [4.69, 9.17) is 14.4 Å². The lowest BCUT2D eigenvalue weighted by Crippen LogP contribution is -2.27. The Balaban J connectivity index is 1.34. The third kappa shape index (κ3) is 4.40. The molecule has 1 N–H and O–H groups in total. The van der Waals surface area contributed by atoms with Crippen molar-refractivity contribution in [1.29, 1.82) is 0 Å². The molecule has 0 bridgehead atoms. The molecule has 1 atom stereocenters. The summed E-state index contributed by atoms with van der Waals surface area (Å²) in [6, 6.07) is 5.73. The fourth-order valence-corrected chi connectivity index (χ4v) is 3.78. The van der Waals surface area contributed by atoms with Gasteiger partial charge in [0.25, 0.3) is 5.88 Å². The van der Waals surface area contributed by atoms with Gasteiger partial charge in [-0.2, -0.15) is 5.10 Å². The predicted octanol–water partition coefficient (Wildman–Crippen LogP) is 1.60. The zero-order chi connectivity index (χ0) is 20.2. The lowest BCUT2D eigenvalue weighted by Gasteiger charge is -2.08. The molecule has 0 unspecified atom stereocenters. The number of likely N-dealkylation sites (N-methyl/N-ethyl adjacent to an activating group) is 1. The van der Waals surface area contributed by atoms with Gasteiger partial charge in [-0.3, -0.25) is 4.79 Å². The summed E-state index contributed by atoms with van der Waals surface area (Å²) >= 11 is 0. The SMILES string of the molecule is COc1cc(CCC(=O)NCCn2nc([C@@H]3CCN(C)C3)c3cccnc32)on1. The summed E-state index contributed by atoms with van der Waals surface area (Å²) in [4.78, 5) is 19.0. The van der Waals surface area contributed by atoms with Crippen LogP contribution in [0.2, 0.25) is 0 Å². The van der Waals surface area contributed by atoms with Gasteiger partial charge in [0, 0.05) is 49.5 Å². The van der Waals surface area contributed by atoms with Crippen molar-refractivity contribution >= 4 is 16.9 Å². The molecule has 3 aromatic rings. The Morgan fingerprint density at radius 2 is 2.34 bits per heavy atom. The van der Waals surface area contributed by atoms with Gasteiger partial charge in [0.05, 0.1) is 19.3 Å². The monoisotopic (exact) mass is 398 g/mol. The Morgan fingerprint density at radius 1 is 1.45 bits per heavy atom. The van der Waals surface area contributed by atoms with E-state index in [-0.39, 0.29) is 5.91 Å². The van der Waals surface area contributed by atoms with Crippen LogP contribution < -0.4 is 10.1 Å². The number of fused-ring (bicyclic) bond motifs is 1. The zero-order valence-corrected chi connectivity index (χ0v) is 16.8. The number of hydrogen-bond donors (Lipinski definition) is 1. The number of aromatic nitrogens is 4. The fourth-order valence-electron chi connectivity index (χ4n) is 3.78. The Hall–Kier alpha value is -2.94. The van der Waals surface area contributed by atoms with Crippen LogP contribution in [-0.4, -0.2) is 64.5 Å². The molecule has 1 aliphatic heterocycles. The van der Waals surface area contributed by atoms with Crippen LogP contribution in [0.5, 0.6) is 5.88 Å². The van der Waals surface area contributed by atoms with E-state index in [9.17, 15) is 4.79 Å². The quantitative estimate of drug-likeness (QED) is 0.615. The minimum Gasteiger partial charge on any atom is -0.479 e. The second-order valence-electron chi connectivity index (χ2n) is 7.42. The van der Waals surface area contributed by atoms with Gasteiger partial charge in [0.2, 0.25) is 5.91 Å². The maximum absolute atomic E-state index is 12.1. The number of nitrogens with one attached hydrogen (secondary N) is 1. The Labute approximate surface area is 169 Å².